The van der Waals surface area contributed by atoms with Gasteiger partial charge in [-0.1, -0.05) is 0 Å². The van der Waals surface area contributed by atoms with Crippen LogP contribution in [0, 0.1) is 12.8 Å². The van der Waals surface area contributed by atoms with Crippen molar-refractivity contribution in [3.05, 3.63) is 23.5 Å². The number of carboxylic acid groups (broad SMARTS) is 1. The Kier molecular flexibility index (Phi) is 4.03. The van der Waals surface area contributed by atoms with E-state index in [4.69, 9.17) is 0 Å². The molecule has 1 N–H and O–H groups in total. The molecule has 3 rings (SSSR count). The number of aliphatic carboxylic acids is 1. The number of aromatic nitrogens is 3. The first-order chi connectivity index (χ1) is 11.3. The Hall–Kier alpha value is -2.44. The van der Waals surface area contributed by atoms with Gasteiger partial charge in [0.15, 0.2) is 5.65 Å². The SMILES string of the molecule is Cc1nc2c(cnn2C(C)C)cc1C(=O)N1CCC(C(=O)O)C1C. The summed E-state index contributed by atoms with van der Waals surface area (Å²) in [5, 5.41) is 14.4. The molecule has 2 unspecified atom stereocenters. The maximum absolute atomic E-state index is 12.9. The third-order valence-corrected chi connectivity index (χ3v) is 4.81. The molecule has 2 atom stereocenters. The number of pyridine rings is 1. The molecular weight excluding hydrogens is 308 g/mol. The van der Waals surface area contributed by atoms with Gasteiger partial charge in [-0.2, -0.15) is 5.10 Å². The molecule has 1 aliphatic heterocycles. The Bertz CT molecular complexity index is 812. The van der Waals surface area contributed by atoms with E-state index in [1.54, 1.807) is 24.9 Å². The Morgan fingerprint density at radius 3 is 2.67 bits per heavy atom. The molecule has 1 fully saturated rings. The zero-order chi connectivity index (χ0) is 17.6. The zero-order valence-electron chi connectivity index (χ0n) is 14.4. The van der Waals surface area contributed by atoms with E-state index in [2.05, 4.69) is 10.1 Å². The Balaban J connectivity index is 1.96. The third-order valence-electron chi connectivity index (χ3n) is 4.81. The summed E-state index contributed by atoms with van der Waals surface area (Å²) in [6.45, 7) is 8.11. The van der Waals surface area contributed by atoms with Gasteiger partial charge >= 0.3 is 5.97 Å². The summed E-state index contributed by atoms with van der Waals surface area (Å²) in [6, 6.07) is 1.68. The van der Waals surface area contributed by atoms with Crippen LogP contribution < -0.4 is 0 Å². The van der Waals surface area contributed by atoms with Gasteiger partial charge in [-0.05, 0) is 40.2 Å². The number of carbonyl (C=O) groups excluding carboxylic acids is 1. The van der Waals surface area contributed by atoms with E-state index in [1.165, 1.54) is 0 Å². The molecule has 0 radical (unpaired) electrons. The molecule has 3 heterocycles. The Morgan fingerprint density at radius 2 is 2.08 bits per heavy atom. The molecule has 2 aromatic heterocycles. The van der Waals surface area contributed by atoms with Gasteiger partial charge in [0, 0.05) is 24.0 Å². The number of carbonyl (C=O) groups is 2. The monoisotopic (exact) mass is 330 g/mol. The highest BCUT2D eigenvalue weighted by molar-refractivity contribution is 5.98. The summed E-state index contributed by atoms with van der Waals surface area (Å²) in [4.78, 5) is 30.4. The second-order valence-electron chi connectivity index (χ2n) is 6.69. The number of rotatable bonds is 3. The topological polar surface area (TPSA) is 88.3 Å². The van der Waals surface area contributed by atoms with Crippen LogP contribution in [-0.4, -0.2) is 49.2 Å². The summed E-state index contributed by atoms with van der Waals surface area (Å²) in [5.74, 6) is -1.51. The van der Waals surface area contributed by atoms with E-state index in [9.17, 15) is 14.7 Å². The van der Waals surface area contributed by atoms with E-state index in [-0.39, 0.29) is 18.0 Å². The van der Waals surface area contributed by atoms with Crippen LogP contribution in [-0.2, 0) is 4.79 Å². The summed E-state index contributed by atoms with van der Waals surface area (Å²) in [6.07, 6.45) is 2.20. The predicted molar refractivity (Wildman–Crippen MR) is 88.9 cm³/mol. The number of hydrogen-bond donors (Lipinski definition) is 1. The van der Waals surface area contributed by atoms with Crippen LogP contribution in [0.5, 0.6) is 0 Å². The molecule has 128 valence electrons. The highest BCUT2D eigenvalue weighted by Crippen LogP contribution is 2.28. The van der Waals surface area contributed by atoms with Crippen LogP contribution in [0.25, 0.3) is 11.0 Å². The molecule has 1 saturated heterocycles. The smallest absolute Gasteiger partial charge is 0.308 e. The minimum atomic E-state index is -0.846. The zero-order valence-corrected chi connectivity index (χ0v) is 14.4. The van der Waals surface area contributed by atoms with Crippen LogP contribution >= 0.6 is 0 Å². The van der Waals surface area contributed by atoms with Crippen LogP contribution in [0.1, 0.15) is 49.3 Å². The molecule has 1 aliphatic rings. The van der Waals surface area contributed by atoms with Gasteiger partial charge in [0.05, 0.1) is 23.4 Å². The number of aryl methyl sites for hydroxylation is 1. The predicted octanol–water partition coefficient (Wildman–Crippen LogP) is 2.26. The molecular formula is C17H22N4O3. The largest absolute Gasteiger partial charge is 0.481 e. The lowest BCUT2D eigenvalue weighted by Gasteiger charge is -2.24. The second-order valence-corrected chi connectivity index (χ2v) is 6.69. The quantitative estimate of drug-likeness (QED) is 0.932. The normalized spacial score (nSPS) is 21.0. The maximum Gasteiger partial charge on any atom is 0.308 e. The summed E-state index contributed by atoms with van der Waals surface area (Å²) in [7, 11) is 0. The van der Waals surface area contributed by atoms with Crippen molar-refractivity contribution in [2.24, 2.45) is 5.92 Å². The van der Waals surface area contributed by atoms with Gasteiger partial charge in [0.2, 0.25) is 0 Å². The van der Waals surface area contributed by atoms with E-state index >= 15 is 0 Å². The summed E-state index contributed by atoms with van der Waals surface area (Å²) >= 11 is 0. The van der Waals surface area contributed by atoms with Crippen molar-refractivity contribution in [1.29, 1.82) is 0 Å². The number of hydrogen-bond acceptors (Lipinski definition) is 4. The van der Waals surface area contributed by atoms with Crippen molar-refractivity contribution in [3.8, 4) is 0 Å². The second kappa shape index (κ2) is 5.89. The molecule has 0 bridgehead atoms. The lowest BCUT2D eigenvalue weighted by Crippen LogP contribution is -2.38. The minimum absolute atomic E-state index is 0.157. The molecule has 0 saturated carbocycles. The van der Waals surface area contributed by atoms with Gasteiger partial charge in [-0.3, -0.25) is 9.59 Å². The van der Waals surface area contributed by atoms with Gasteiger partial charge in [-0.25, -0.2) is 9.67 Å². The fraction of sp³-hybridized carbons (Fsp3) is 0.529. The number of nitrogens with zero attached hydrogens (tertiary/aromatic N) is 4. The van der Waals surface area contributed by atoms with Crippen LogP contribution in [0.2, 0.25) is 0 Å². The average molecular weight is 330 g/mol. The summed E-state index contributed by atoms with van der Waals surface area (Å²) in [5.41, 5.74) is 1.92. The first-order valence-corrected chi connectivity index (χ1v) is 8.20. The van der Waals surface area contributed by atoms with Crippen LogP contribution in [0.4, 0.5) is 0 Å². The number of fused-ring (bicyclic) bond motifs is 1. The molecule has 0 spiro atoms. The van der Waals surface area contributed by atoms with Gasteiger partial charge < -0.3 is 10.0 Å². The van der Waals surface area contributed by atoms with Crippen LogP contribution in [0.15, 0.2) is 12.3 Å². The third kappa shape index (κ3) is 2.53. The maximum atomic E-state index is 12.9. The molecule has 1 amide bonds. The Labute approximate surface area is 140 Å². The van der Waals surface area contributed by atoms with Crippen molar-refractivity contribution in [3.63, 3.8) is 0 Å². The standard InChI is InChI=1S/C17H22N4O3/c1-9(2)21-15-12(8-18-21)7-14(10(3)19-15)16(22)20-6-5-13(11(20)4)17(23)24/h7-9,11,13H,5-6H2,1-4H3,(H,23,24). The average Bonchev–Trinajstić information content (AvgIpc) is 3.08. The first kappa shape index (κ1) is 16.4. The fourth-order valence-electron chi connectivity index (χ4n) is 3.37. The van der Waals surface area contributed by atoms with Crippen molar-refractivity contribution in [1.82, 2.24) is 19.7 Å². The molecule has 0 aliphatic carbocycles. The highest BCUT2D eigenvalue weighted by atomic mass is 16.4. The number of carboxylic acids is 1. The van der Waals surface area contributed by atoms with E-state index in [0.29, 0.717) is 24.2 Å². The van der Waals surface area contributed by atoms with E-state index in [1.807, 2.05) is 24.6 Å². The van der Waals surface area contributed by atoms with E-state index < -0.39 is 11.9 Å². The molecule has 7 heteroatoms. The Morgan fingerprint density at radius 1 is 1.38 bits per heavy atom. The van der Waals surface area contributed by atoms with E-state index in [0.717, 1.165) is 11.0 Å². The first-order valence-electron chi connectivity index (χ1n) is 8.20. The van der Waals surface area contributed by atoms with Gasteiger partial charge in [-0.15, -0.1) is 0 Å². The van der Waals surface area contributed by atoms with Crippen molar-refractivity contribution >= 4 is 22.9 Å². The molecule has 24 heavy (non-hydrogen) atoms. The molecule has 2 aromatic rings. The lowest BCUT2D eigenvalue weighted by molar-refractivity contribution is -0.142. The molecule has 7 nitrogen and oxygen atoms in total. The minimum Gasteiger partial charge on any atom is -0.481 e. The van der Waals surface area contributed by atoms with Crippen molar-refractivity contribution in [2.45, 2.75) is 46.2 Å². The summed E-state index contributed by atoms with van der Waals surface area (Å²) < 4.78 is 1.83. The number of amides is 1. The number of likely N-dealkylation sites (tertiary alicyclic amines) is 1. The van der Waals surface area contributed by atoms with Crippen LogP contribution in [0.3, 0.4) is 0 Å². The molecule has 0 aromatic carbocycles. The van der Waals surface area contributed by atoms with Crippen molar-refractivity contribution < 1.29 is 14.7 Å². The fourth-order valence-corrected chi connectivity index (χ4v) is 3.37. The highest BCUT2D eigenvalue weighted by Gasteiger charge is 2.38. The lowest BCUT2D eigenvalue weighted by atomic mass is 10.0. The van der Waals surface area contributed by atoms with Gasteiger partial charge in [0.25, 0.3) is 5.91 Å². The van der Waals surface area contributed by atoms with Gasteiger partial charge in [0.1, 0.15) is 0 Å². The van der Waals surface area contributed by atoms with Crippen molar-refractivity contribution in [2.75, 3.05) is 6.54 Å².